The van der Waals surface area contributed by atoms with Gasteiger partial charge in [-0.2, -0.15) is 0 Å². The first-order chi connectivity index (χ1) is 17.0. The van der Waals surface area contributed by atoms with Crippen molar-refractivity contribution in [3.8, 4) is 5.75 Å². The fourth-order valence-corrected chi connectivity index (χ4v) is 4.41. The second kappa shape index (κ2) is 9.52. The van der Waals surface area contributed by atoms with Gasteiger partial charge in [0.15, 0.2) is 0 Å². The standard InChI is InChI=1S/C27H28N6O2/c1-33-11-5-6-18(16-33)17-9-10-22(25(12-17)35-2)31-26-13-20-23(14-29-15-24(20)32-26)30-21-8-4-3-7-19(21)27(28)34/h3-4,6-10,12-15,30-32H,5,11,16H2,1-2H3,(H2,28,34). The van der Waals surface area contributed by atoms with Gasteiger partial charge in [-0.1, -0.05) is 24.3 Å². The molecule has 4 aromatic rings. The average Bonchev–Trinajstić information content (AvgIpc) is 3.28. The van der Waals surface area contributed by atoms with Gasteiger partial charge in [0.2, 0.25) is 0 Å². The SMILES string of the molecule is COc1cc(C2=CCCN(C)C2)ccc1Nc1cc2c(Nc3ccccc3C(N)=O)cncc2[nH]1. The van der Waals surface area contributed by atoms with Crippen LogP contribution in [0.15, 0.2) is 67.0 Å². The molecule has 0 fully saturated rings. The normalized spacial score (nSPS) is 13.9. The van der Waals surface area contributed by atoms with E-state index in [-0.39, 0.29) is 0 Å². The Balaban J connectivity index is 1.43. The first kappa shape index (κ1) is 22.5. The lowest BCUT2D eigenvalue weighted by molar-refractivity contribution is 0.100. The molecule has 0 saturated carbocycles. The molecule has 1 amide bonds. The number of primary amides is 1. The largest absolute Gasteiger partial charge is 0.495 e. The van der Waals surface area contributed by atoms with Crippen molar-refractivity contribution in [2.45, 2.75) is 6.42 Å². The zero-order valence-electron chi connectivity index (χ0n) is 19.8. The first-order valence-corrected chi connectivity index (χ1v) is 11.5. The second-order valence-electron chi connectivity index (χ2n) is 8.66. The van der Waals surface area contributed by atoms with Crippen LogP contribution >= 0.6 is 0 Å². The third kappa shape index (κ3) is 4.69. The van der Waals surface area contributed by atoms with E-state index in [9.17, 15) is 4.79 Å². The number of benzene rings is 2. The van der Waals surface area contributed by atoms with Crippen LogP contribution in [0.2, 0.25) is 0 Å². The van der Waals surface area contributed by atoms with Crippen molar-refractivity contribution in [3.05, 3.63) is 78.1 Å². The van der Waals surface area contributed by atoms with E-state index < -0.39 is 5.91 Å². The smallest absolute Gasteiger partial charge is 0.250 e. The van der Waals surface area contributed by atoms with Gasteiger partial charge in [-0.3, -0.25) is 9.78 Å². The van der Waals surface area contributed by atoms with Crippen LogP contribution in [0.4, 0.5) is 22.9 Å². The lowest BCUT2D eigenvalue weighted by atomic mass is 10.0. The van der Waals surface area contributed by atoms with Crippen molar-refractivity contribution >= 4 is 45.3 Å². The van der Waals surface area contributed by atoms with Gasteiger partial charge in [-0.25, -0.2) is 0 Å². The Labute approximate surface area is 203 Å². The molecule has 178 valence electrons. The summed E-state index contributed by atoms with van der Waals surface area (Å²) in [4.78, 5) is 21.8. The van der Waals surface area contributed by atoms with Crippen LogP contribution in [0.3, 0.4) is 0 Å². The molecule has 0 spiro atoms. The molecule has 0 bridgehead atoms. The van der Waals surface area contributed by atoms with Gasteiger partial charge >= 0.3 is 0 Å². The maximum Gasteiger partial charge on any atom is 0.250 e. The molecular formula is C27H28N6O2. The number of H-pyrrole nitrogens is 1. The molecule has 8 nitrogen and oxygen atoms in total. The topological polar surface area (TPSA) is 108 Å². The van der Waals surface area contributed by atoms with E-state index >= 15 is 0 Å². The van der Waals surface area contributed by atoms with Crippen LogP contribution in [0.25, 0.3) is 16.5 Å². The van der Waals surface area contributed by atoms with Crippen molar-refractivity contribution in [3.63, 3.8) is 0 Å². The molecule has 2 aromatic heterocycles. The minimum absolute atomic E-state index is 0.419. The number of rotatable bonds is 7. The Morgan fingerprint density at radius 2 is 1.94 bits per heavy atom. The fourth-order valence-electron chi connectivity index (χ4n) is 4.41. The number of ether oxygens (including phenoxy) is 1. The van der Waals surface area contributed by atoms with E-state index in [1.807, 2.05) is 24.3 Å². The third-order valence-corrected chi connectivity index (χ3v) is 6.19. The summed E-state index contributed by atoms with van der Waals surface area (Å²) >= 11 is 0. The minimum Gasteiger partial charge on any atom is -0.495 e. The van der Waals surface area contributed by atoms with Gasteiger partial charge in [-0.15, -0.1) is 0 Å². The number of amides is 1. The van der Waals surface area contributed by atoms with E-state index in [0.717, 1.165) is 53.4 Å². The molecule has 0 unspecified atom stereocenters. The molecule has 0 atom stereocenters. The highest BCUT2D eigenvalue weighted by Crippen LogP contribution is 2.34. The molecule has 5 N–H and O–H groups in total. The van der Waals surface area contributed by atoms with Crippen molar-refractivity contribution in [1.82, 2.24) is 14.9 Å². The Bertz CT molecular complexity index is 1420. The zero-order valence-corrected chi connectivity index (χ0v) is 19.8. The number of carbonyl (C=O) groups is 1. The molecule has 35 heavy (non-hydrogen) atoms. The van der Waals surface area contributed by atoms with Crippen molar-refractivity contribution < 1.29 is 9.53 Å². The van der Waals surface area contributed by atoms with Crippen LogP contribution in [0, 0.1) is 0 Å². The highest BCUT2D eigenvalue weighted by atomic mass is 16.5. The molecule has 0 aliphatic carbocycles. The molecule has 0 saturated heterocycles. The number of fused-ring (bicyclic) bond motifs is 1. The minimum atomic E-state index is -0.490. The maximum absolute atomic E-state index is 11.8. The summed E-state index contributed by atoms with van der Waals surface area (Å²) in [6.45, 7) is 2.01. The van der Waals surface area contributed by atoms with Gasteiger partial charge in [0.1, 0.15) is 11.6 Å². The Hall–Kier alpha value is -4.30. The lowest BCUT2D eigenvalue weighted by Gasteiger charge is -2.23. The summed E-state index contributed by atoms with van der Waals surface area (Å²) in [7, 11) is 3.82. The van der Waals surface area contributed by atoms with Gasteiger partial charge in [0, 0.05) is 18.5 Å². The predicted molar refractivity (Wildman–Crippen MR) is 141 cm³/mol. The number of hydrogen-bond acceptors (Lipinski definition) is 6. The van der Waals surface area contributed by atoms with E-state index in [1.54, 1.807) is 31.6 Å². The zero-order chi connectivity index (χ0) is 24.4. The number of anilines is 4. The molecule has 0 radical (unpaired) electrons. The molecular weight excluding hydrogens is 440 g/mol. The van der Waals surface area contributed by atoms with Crippen molar-refractivity contribution in [2.75, 3.05) is 37.9 Å². The number of nitrogens with zero attached hydrogens (tertiary/aromatic N) is 2. The number of para-hydroxylation sites is 1. The predicted octanol–water partition coefficient (Wildman–Crippen LogP) is 4.88. The number of hydrogen-bond donors (Lipinski definition) is 4. The van der Waals surface area contributed by atoms with Gasteiger partial charge in [0.05, 0.1) is 47.6 Å². The molecule has 8 heteroatoms. The summed E-state index contributed by atoms with van der Waals surface area (Å²) < 4.78 is 5.70. The van der Waals surface area contributed by atoms with Gasteiger partial charge in [-0.05, 0) is 54.9 Å². The number of methoxy groups -OCH3 is 1. The fraction of sp³-hybridized carbons (Fsp3) is 0.185. The molecule has 3 heterocycles. The van der Waals surface area contributed by atoms with Gasteiger partial charge < -0.3 is 31.0 Å². The molecule has 2 aromatic carbocycles. The molecule has 1 aliphatic heterocycles. The molecule has 1 aliphatic rings. The van der Waals surface area contributed by atoms with Gasteiger partial charge in [0.25, 0.3) is 5.91 Å². The number of aromatic amines is 1. The Morgan fingerprint density at radius 3 is 2.74 bits per heavy atom. The van der Waals surface area contributed by atoms with Crippen molar-refractivity contribution in [2.24, 2.45) is 5.73 Å². The van der Waals surface area contributed by atoms with E-state index in [2.05, 4.69) is 50.8 Å². The van der Waals surface area contributed by atoms with E-state index in [4.69, 9.17) is 10.5 Å². The quantitative estimate of drug-likeness (QED) is 0.308. The third-order valence-electron chi connectivity index (χ3n) is 6.19. The Kier molecular flexibility index (Phi) is 6.12. The summed E-state index contributed by atoms with van der Waals surface area (Å²) in [6.07, 6.45) is 6.84. The summed E-state index contributed by atoms with van der Waals surface area (Å²) in [6, 6.07) is 15.4. The number of aromatic nitrogens is 2. The number of likely N-dealkylation sites (N-methyl/N-ethyl adjacent to an activating group) is 1. The number of nitrogens with two attached hydrogens (primary N) is 1. The highest BCUT2D eigenvalue weighted by molar-refractivity contribution is 6.02. The summed E-state index contributed by atoms with van der Waals surface area (Å²) in [5, 5.41) is 7.65. The van der Waals surface area contributed by atoms with Crippen LogP contribution in [0.5, 0.6) is 5.75 Å². The Morgan fingerprint density at radius 1 is 1.09 bits per heavy atom. The average molecular weight is 469 g/mol. The van der Waals surface area contributed by atoms with Crippen LogP contribution in [-0.4, -0.2) is 48.0 Å². The van der Waals surface area contributed by atoms with Crippen LogP contribution in [0.1, 0.15) is 22.3 Å². The molecule has 5 rings (SSSR count). The maximum atomic E-state index is 11.8. The summed E-state index contributed by atoms with van der Waals surface area (Å²) in [5.41, 5.74) is 11.5. The van der Waals surface area contributed by atoms with Crippen molar-refractivity contribution in [1.29, 1.82) is 0 Å². The summed E-state index contributed by atoms with van der Waals surface area (Å²) in [5.74, 6) is 1.07. The lowest BCUT2D eigenvalue weighted by Crippen LogP contribution is -2.24. The van der Waals surface area contributed by atoms with Crippen LogP contribution < -0.4 is 21.1 Å². The highest BCUT2D eigenvalue weighted by Gasteiger charge is 2.15. The first-order valence-electron chi connectivity index (χ1n) is 11.5. The monoisotopic (exact) mass is 468 g/mol. The van der Waals surface area contributed by atoms with Crippen LogP contribution in [-0.2, 0) is 0 Å². The number of carbonyl (C=O) groups excluding carboxylic acids is 1. The van der Waals surface area contributed by atoms with E-state index in [0.29, 0.717) is 11.3 Å². The van der Waals surface area contributed by atoms with E-state index in [1.165, 1.54) is 11.1 Å². The second-order valence-corrected chi connectivity index (χ2v) is 8.66. The number of pyridine rings is 1. The number of nitrogens with one attached hydrogen (secondary N) is 3.